The highest BCUT2D eigenvalue weighted by molar-refractivity contribution is 6.31. The Kier molecular flexibility index (Phi) is 3.48. The monoisotopic (exact) mass is 257 g/mol. The molecule has 1 N–H and O–H groups in total. The van der Waals surface area contributed by atoms with Crippen LogP contribution in [0.25, 0.3) is 0 Å². The molecule has 96 valence electrons. The van der Waals surface area contributed by atoms with E-state index in [-0.39, 0.29) is 0 Å². The van der Waals surface area contributed by atoms with Crippen LogP contribution in [0.2, 0.25) is 5.02 Å². The minimum atomic E-state index is -0.557. The van der Waals surface area contributed by atoms with Crippen molar-refractivity contribution in [3.05, 3.63) is 16.4 Å². The fourth-order valence-corrected chi connectivity index (χ4v) is 2.73. The molecule has 4 nitrogen and oxygen atoms in total. The summed E-state index contributed by atoms with van der Waals surface area (Å²) in [5.41, 5.74) is 1.44. The van der Waals surface area contributed by atoms with Crippen molar-refractivity contribution in [2.24, 2.45) is 7.05 Å². The molecule has 2 heterocycles. The Labute approximate surface area is 107 Å². The molecule has 0 aromatic carbocycles. The maximum Gasteiger partial charge on any atom is 0.0863 e. The number of aliphatic hydroxyl groups is 1. The van der Waals surface area contributed by atoms with Gasteiger partial charge in [0.15, 0.2) is 0 Å². The van der Waals surface area contributed by atoms with Crippen LogP contribution in [0.15, 0.2) is 0 Å². The SMILES string of the molecule is CCc1nn(C)c(CN2CCC(C)(O)C2)c1Cl. The van der Waals surface area contributed by atoms with Crippen LogP contribution in [0.5, 0.6) is 0 Å². The summed E-state index contributed by atoms with van der Waals surface area (Å²) in [6, 6.07) is 0. The van der Waals surface area contributed by atoms with E-state index in [2.05, 4.69) is 16.9 Å². The molecule has 1 unspecified atom stereocenters. The molecule has 1 fully saturated rings. The predicted molar refractivity (Wildman–Crippen MR) is 68.1 cm³/mol. The number of rotatable bonds is 3. The zero-order valence-corrected chi connectivity index (χ0v) is 11.5. The third-order valence-corrected chi connectivity index (χ3v) is 3.84. The highest BCUT2D eigenvalue weighted by Crippen LogP contribution is 2.26. The van der Waals surface area contributed by atoms with Crippen LogP contribution in [0.4, 0.5) is 0 Å². The second-order valence-electron chi connectivity index (χ2n) is 5.14. The molecular weight excluding hydrogens is 238 g/mol. The summed E-state index contributed by atoms with van der Waals surface area (Å²) in [6.07, 6.45) is 1.67. The molecule has 0 aliphatic carbocycles. The van der Waals surface area contributed by atoms with Gasteiger partial charge in [-0.2, -0.15) is 5.10 Å². The van der Waals surface area contributed by atoms with E-state index < -0.39 is 5.60 Å². The van der Waals surface area contributed by atoms with Crippen LogP contribution < -0.4 is 0 Å². The lowest BCUT2D eigenvalue weighted by molar-refractivity contribution is 0.0676. The molecular formula is C12H20ClN3O. The molecule has 1 aromatic heterocycles. The summed E-state index contributed by atoms with van der Waals surface area (Å²) in [7, 11) is 1.93. The number of hydrogen-bond acceptors (Lipinski definition) is 3. The summed E-state index contributed by atoms with van der Waals surface area (Å²) < 4.78 is 1.86. The summed E-state index contributed by atoms with van der Waals surface area (Å²) in [4.78, 5) is 2.22. The van der Waals surface area contributed by atoms with Crippen LogP contribution in [-0.2, 0) is 20.0 Å². The van der Waals surface area contributed by atoms with Gasteiger partial charge in [-0.25, -0.2) is 0 Å². The van der Waals surface area contributed by atoms with Gasteiger partial charge in [-0.05, 0) is 19.8 Å². The maximum absolute atomic E-state index is 9.94. The predicted octanol–water partition coefficient (Wildman–Crippen LogP) is 1.59. The fourth-order valence-electron chi connectivity index (χ4n) is 2.38. The number of aromatic nitrogens is 2. The normalized spacial score (nSPS) is 25.7. The molecule has 0 bridgehead atoms. The summed E-state index contributed by atoms with van der Waals surface area (Å²) in [5, 5.41) is 15.1. The lowest BCUT2D eigenvalue weighted by atomic mass is 10.1. The molecule has 2 rings (SSSR count). The molecule has 17 heavy (non-hydrogen) atoms. The summed E-state index contributed by atoms with van der Waals surface area (Å²) in [6.45, 7) is 6.32. The fraction of sp³-hybridized carbons (Fsp3) is 0.750. The molecule has 1 saturated heterocycles. The molecule has 1 aliphatic heterocycles. The Morgan fingerprint density at radius 1 is 1.53 bits per heavy atom. The quantitative estimate of drug-likeness (QED) is 0.894. The van der Waals surface area contributed by atoms with Gasteiger partial charge >= 0.3 is 0 Å². The van der Waals surface area contributed by atoms with Crippen LogP contribution in [-0.4, -0.2) is 38.5 Å². The van der Waals surface area contributed by atoms with Crippen molar-refractivity contribution in [1.82, 2.24) is 14.7 Å². The summed E-state index contributed by atoms with van der Waals surface area (Å²) >= 11 is 6.31. The minimum absolute atomic E-state index is 0.557. The lowest BCUT2D eigenvalue weighted by Crippen LogP contribution is -2.29. The first-order valence-corrected chi connectivity index (χ1v) is 6.45. The van der Waals surface area contributed by atoms with Crippen LogP contribution in [0.3, 0.4) is 0 Å². The molecule has 0 spiro atoms. The highest BCUT2D eigenvalue weighted by Gasteiger charge is 2.32. The van der Waals surface area contributed by atoms with Gasteiger partial charge in [-0.15, -0.1) is 0 Å². The van der Waals surface area contributed by atoms with Crippen molar-refractivity contribution in [2.75, 3.05) is 13.1 Å². The first-order valence-electron chi connectivity index (χ1n) is 6.08. The van der Waals surface area contributed by atoms with Gasteiger partial charge in [0.25, 0.3) is 0 Å². The number of likely N-dealkylation sites (tertiary alicyclic amines) is 1. The van der Waals surface area contributed by atoms with E-state index in [1.165, 1.54) is 0 Å². The number of halogens is 1. The zero-order chi connectivity index (χ0) is 12.6. The van der Waals surface area contributed by atoms with E-state index in [9.17, 15) is 5.11 Å². The third-order valence-electron chi connectivity index (χ3n) is 3.41. The number of aryl methyl sites for hydroxylation is 2. The average Bonchev–Trinajstić information content (AvgIpc) is 2.72. The second kappa shape index (κ2) is 4.59. The van der Waals surface area contributed by atoms with Gasteiger partial charge in [0.2, 0.25) is 0 Å². The standard InChI is InChI=1S/C12H20ClN3O/c1-4-9-11(13)10(15(3)14-9)7-16-6-5-12(2,17)8-16/h17H,4-8H2,1-3H3. The van der Waals surface area contributed by atoms with Crippen molar-refractivity contribution < 1.29 is 5.11 Å². The molecule has 0 amide bonds. The van der Waals surface area contributed by atoms with Crippen LogP contribution >= 0.6 is 11.6 Å². The molecule has 0 saturated carbocycles. The van der Waals surface area contributed by atoms with Crippen molar-refractivity contribution in [3.63, 3.8) is 0 Å². The zero-order valence-electron chi connectivity index (χ0n) is 10.7. The lowest BCUT2D eigenvalue weighted by Gasteiger charge is -2.18. The first-order chi connectivity index (χ1) is 7.93. The number of β-amino-alcohol motifs (C(OH)–C–C–N with tert-alkyl or cyclic N) is 1. The third kappa shape index (κ3) is 2.64. The Morgan fingerprint density at radius 2 is 2.24 bits per heavy atom. The van der Waals surface area contributed by atoms with Crippen molar-refractivity contribution >= 4 is 11.6 Å². The number of hydrogen-bond donors (Lipinski definition) is 1. The molecule has 1 atom stereocenters. The van der Waals surface area contributed by atoms with E-state index in [4.69, 9.17) is 11.6 Å². The number of nitrogens with zero attached hydrogens (tertiary/aromatic N) is 3. The van der Waals surface area contributed by atoms with E-state index in [1.54, 1.807) is 0 Å². The van der Waals surface area contributed by atoms with Gasteiger partial charge in [-0.3, -0.25) is 9.58 Å². The van der Waals surface area contributed by atoms with Crippen molar-refractivity contribution in [1.29, 1.82) is 0 Å². The second-order valence-corrected chi connectivity index (χ2v) is 5.52. The Morgan fingerprint density at radius 3 is 2.71 bits per heavy atom. The Bertz CT molecular complexity index is 414. The van der Waals surface area contributed by atoms with Crippen molar-refractivity contribution in [2.45, 2.75) is 38.8 Å². The Hall–Kier alpha value is -0.580. The van der Waals surface area contributed by atoms with E-state index in [1.807, 2.05) is 18.7 Å². The van der Waals surface area contributed by atoms with Gasteiger partial charge in [0.1, 0.15) is 0 Å². The summed E-state index contributed by atoms with van der Waals surface area (Å²) in [5.74, 6) is 0. The molecule has 1 aromatic rings. The topological polar surface area (TPSA) is 41.3 Å². The van der Waals surface area contributed by atoms with Crippen LogP contribution in [0, 0.1) is 0 Å². The Balaban J connectivity index is 2.12. The van der Waals surface area contributed by atoms with Crippen molar-refractivity contribution in [3.8, 4) is 0 Å². The smallest absolute Gasteiger partial charge is 0.0863 e. The van der Waals surface area contributed by atoms with E-state index in [0.29, 0.717) is 6.54 Å². The molecule has 5 heteroatoms. The molecule has 1 aliphatic rings. The largest absolute Gasteiger partial charge is 0.389 e. The van der Waals surface area contributed by atoms with E-state index >= 15 is 0 Å². The highest BCUT2D eigenvalue weighted by atomic mass is 35.5. The van der Waals surface area contributed by atoms with Gasteiger partial charge in [0.05, 0.1) is 22.0 Å². The van der Waals surface area contributed by atoms with Gasteiger partial charge in [0, 0.05) is 26.7 Å². The van der Waals surface area contributed by atoms with Gasteiger partial charge in [-0.1, -0.05) is 18.5 Å². The van der Waals surface area contributed by atoms with Gasteiger partial charge < -0.3 is 5.11 Å². The average molecular weight is 258 g/mol. The minimum Gasteiger partial charge on any atom is -0.389 e. The first kappa shape index (κ1) is 12.9. The molecule has 0 radical (unpaired) electrons. The van der Waals surface area contributed by atoms with Crippen LogP contribution in [0.1, 0.15) is 31.7 Å². The van der Waals surface area contributed by atoms with E-state index in [0.717, 1.165) is 42.3 Å². The maximum atomic E-state index is 9.94.